The molecule has 5 aromatic carbocycles. The molecule has 0 aliphatic rings. The molecule has 0 amide bonds. The van der Waals surface area contributed by atoms with E-state index in [4.69, 9.17) is 9.40 Å². The average Bonchev–Trinajstić information content (AvgIpc) is 3.58. The molecule has 0 aliphatic heterocycles. The summed E-state index contributed by atoms with van der Waals surface area (Å²) in [6.45, 7) is 16.4. The number of hydrogen-bond acceptors (Lipinski definition) is 2. The number of nitrogens with zero attached hydrogens (tertiary/aromatic N) is 2. The largest absolute Gasteiger partial charge is 0.455 e. The third kappa shape index (κ3) is 4.69. The van der Waals surface area contributed by atoms with Crippen molar-refractivity contribution in [1.82, 2.24) is 9.55 Å². The van der Waals surface area contributed by atoms with Crippen molar-refractivity contribution in [3.63, 3.8) is 0 Å². The van der Waals surface area contributed by atoms with Crippen molar-refractivity contribution in [2.45, 2.75) is 59.2 Å². The molecule has 2 heterocycles. The molecule has 7 aromatic rings. The fourth-order valence-electron chi connectivity index (χ4n) is 6.49. The van der Waals surface area contributed by atoms with Gasteiger partial charge in [-0.05, 0) is 70.5 Å². The Bertz CT molecular complexity index is 2130. The number of hydrogen-bond donors (Lipinski definition) is 0. The van der Waals surface area contributed by atoms with Crippen LogP contribution < -0.4 is 5.19 Å². The molecule has 0 radical (unpaired) electrons. The summed E-state index contributed by atoms with van der Waals surface area (Å²) in [5.41, 5.74) is 11.3. The number of furan rings is 1. The van der Waals surface area contributed by atoms with E-state index in [9.17, 15) is 0 Å². The second kappa shape index (κ2) is 10.6. The zero-order valence-electron chi connectivity index (χ0n) is 26.8. The molecule has 220 valence electrons. The number of benzene rings is 5. The number of para-hydroxylation sites is 3. The first-order valence-corrected chi connectivity index (χ1v) is 19.3. The molecule has 0 saturated carbocycles. The van der Waals surface area contributed by atoms with E-state index in [1.165, 1.54) is 38.5 Å². The first kappa shape index (κ1) is 28.4. The van der Waals surface area contributed by atoms with Crippen molar-refractivity contribution < 1.29 is 4.42 Å². The van der Waals surface area contributed by atoms with E-state index in [0.717, 1.165) is 39.0 Å². The van der Waals surface area contributed by atoms with E-state index in [-0.39, 0.29) is 0 Å². The van der Waals surface area contributed by atoms with Crippen LogP contribution in [0.5, 0.6) is 0 Å². The molecule has 0 unspecified atom stereocenters. The van der Waals surface area contributed by atoms with Gasteiger partial charge in [-0.1, -0.05) is 119 Å². The molecule has 44 heavy (non-hydrogen) atoms. The highest BCUT2D eigenvalue weighted by atomic mass is 28.3. The van der Waals surface area contributed by atoms with Gasteiger partial charge < -0.3 is 4.42 Å². The lowest BCUT2D eigenvalue weighted by atomic mass is 9.88. The van der Waals surface area contributed by atoms with Gasteiger partial charge in [-0.25, -0.2) is 4.98 Å². The van der Waals surface area contributed by atoms with Gasteiger partial charge in [0.15, 0.2) is 0 Å². The van der Waals surface area contributed by atoms with Gasteiger partial charge in [0.1, 0.15) is 17.0 Å². The van der Waals surface area contributed by atoms with Crippen LogP contribution in [0.15, 0.2) is 108 Å². The molecular weight excluding hydrogens is 553 g/mol. The van der Waals surface area contributed by atoms with Crippen LogP contribution in [0, 0.1) is 0 Å². The van der Waals surface area contributed by atoms with E-state index in [0.29, 0.717) is 11.8 Å². The van der Waals surface area contributed by atoms with Crippen molar-refractivity contribution in [3.8, 4) is 28.2 Å². The Morgan fingerprint density at radius 2 is 1.34 bits per heavy atom. The minimum atomic E-state index is -1.49. The molecule has 0 aliphatic carbocycles. The molecule has 2 aromatic heterocycles. The summed E-state index contributed by atoms with van der Waals surface area (Å²) in [4.78, 5) is 5.33. The number of imidazole rings is 1. The Hall–Kier alpha value is -4.41. The van der Waals surface area contributed by atoms with Crippen LogP contribution >= 0.6 is 0 Å². The van der Waals surface area contributed by atoms with E-state index in [1.807, 2.05) is 0 Å². The molecule has 0 fully saturated rings. The maximum absolute atomic E-state index is 6.69. The minimum Gasteiger partial charge on any atom is -0.455 e. The van der Waals surface area contributed by atoms with Gasteiger partial charge in [0.25, 0.3) is 0 Å². The van der Waals surface area contributed by atoms with Crippen LogP contribution in [0.1, 0.15) is 50.7 Å². The highest BCUT2D eigenvalue weighted by Gasteiger charge is 2.26. The summed E-state index contributed by atoms with van der Waals surface area (Å²) in [5, 5.41) is 3.76. The van der Waals surface area contributed by atoms with Crippen molar-refractivity contribution in [2.24, 2.45) is 0 Å². The number of aromatic nitrogens is 2. The summed E-state index contributed by atoms with van der Waals surface area (Å²) in [7, 11) is -1.49. The molecule has 0 spiro atoms. The Morgan fingerprint density at radius 1 is 0.659 bits per heavy atom. The molecule has 0 saturated heterocycles. The first-order chi connectivity index (χ1) is 21.1. The minimum absolute atomic E-state index is 0.308. The summed E-state index contributed by atoms with van der Waals surface area (Å²) >= 11 is 0. The van der Waals surface area contributed by atoms with Crippen LogP contribution in [0.2, 0.25) is 19.6 Å². The van der Waals surface area contributed by atoms with Gasteiger partial charge in [-0.3, -0.25) is 4.57 Å². The van der Waals surface area contributed by atoms with Crippen LogP contribution in [-0.4, -0.2) is 17.6 Å². The van der Waals surface area contributed by atoms with Gasteiger partial charge in [0.05, 0.1) is 30.4 Å². The lowest BCUT2D eigenvalue weighted by Gasteiger charge is -2.24. The molecule has 4 heteroatoms. The average molecular weight is 593 g/mol. The summed E-state index contributed by atoms with van der Waals surface area (Å²) in [5.74, 6) is 1.53. The predicted molar refractivity (Wildman–Crippen MR) is 190 cm³/mol. The van der Waals surface area contributed by atoms with Crippen molar-refractivity contribution in [3.05, 3.63) is 114 Å². The highest BCUT2D eigenvalue weighted by Crippen LogP contribution is 2.42. The van der Waals surface area contributed by atoms with Gasteiger partial charge in [-0.2, -0.15) is 0 Å². The normalized spacial score (nSPS) is 12.4. The maximum Gasteiger partial charge on any atom is 0.149 e. The molecule has 3 nitrogen and oxygen atoms in total. The lowest BCUT2D eigenvalue weighted by molar-refractivity contribution is 0.669. The SMILES string of the molecule is CC(C)c1cc(-c2ccccc2)cc(C(C)C)c1-n1c(-c2cccc3c2oc2ccc([Si](C)(C)C)cc23)nc2ccccc21. The van der Waals surface area contributed by atoms with Crippen molar-refractivity contribution in [1.29, 1.82) is 0 Å². The third-order valence-corrected chi connectivity index (χ3v) is 11.0. The molecular formula is C40H40N2OSi. The van der Waals surface area contributed by atoms with E-state index >= 15 is 0 Å². The lowest BCUT2D eigenvalue weighted by Crippen LogP contribution is -2.37. The van der Waals surface area contributed by atoms with E-state index in [2.05, 4.69) is 155 Å². The van der Waals surface area contributed by atoms with Crippen LogP contribution in [0.3, 0.4) is 0 Å². The Labute approximate surface area is 261 Å². The molecule has 0 bridgehead atoms. The zero-order chi connectivity index (χ0) is 30.7. The van der Waals surface area contributed by atoms with Gasteiger partial charge >= 0.3 is 0 Å². The maximum atomic E-state index is 6.69. The highest BCUT2D eigenvalue weighted by molar-refractivity contribution is 6.88. The number of fused-ring (bicyclic) bond motifs is 4. The van der Waals surface area contributed by atoms with E-state index in [1.54, 1.807) is 0 Å². The van der Waals surface area contributed by atoms with Crippen LogP contribution in [-0.2, 0) is 0 Å². The Morgan fingerprint density at radius 3 is 2.02 bits per heavy atom. The predicted octanol–water partition coefficient (Wildman–Crippen LogP) is 11.1. The third-order valence-electron chi connectivity index (χ3n) is 8.91. The monoisotopic (exact) mass is 592 g/mol. The van der Waals surface area contributed by atoms with Gasteiger partial charge in [0.2, 0.25) is 0 Å². The van der Waals surface area contributed by atoms with Crippen molar-refractivity contribution in [2.75, 3.05) is 0 Å². The zero-order valence-corrected chi connectivity index (χ0v) is 27.8. The van der Waals surface area contributed by atoms with Crippen LogP contribution in [0.4, 0.5) is 0 Å². The standard InChI is InChI=1S/C40H40N2OSi/c1-25(2)32-22-28(27-14-9-8-10-15-27)23-33(26(3)4)38(32)42-36-19-12-11-18-35(36)41-40(42)31-17-13-16-30-34-24-29(44(5,6)7)20-21-37(34)43-39(30)31/h8-26H,1-7H3. The molecule has 0 N–H and O–H groups in total. The van der Waals surface area contributed by atoms with Crippen LogP contribution in [0.25, 0.3) is 61.2 Å². The first-order valence-electron chi connectivity index (χ1n) is 15.8. The summed E-state index contributed by atoms with van der Waals surface area (Å²) in [6.07, 6.45) is 0. The van der Waals surface area contributed by atoms with Gasteiger partial charge in [0, 0.05) is 10.8 Å². The molecule has 0 atom stereocenters. The topological polar surface area (TPSA) is 31.0 Å². The molecule has 7 rings (SSSR count). The Kier molecular flexibility index (Phi) is 6.86. The quantitative estimate of drug-likeness (QED) is 0.180. The second-order valence-electron chi connectivity index (χ2n) is 13.7. The van der Waals surface area contributed by atoms with E-state index < -0.39 is 8.07 Å². The summed E-state index contributed by atoms with van der Waals surface area (Å²) in [6, 6.07) is 37.3. The second-order valence-corrected chi connectivity index (χ2v) is 18.8. The smallest absolute Gasteiger partial charge is 0.149 e. The summed E-state index contributed by atoms with van der Waals surface area (Å²) < 4.78 is 9.09. The fraction of sp³-hybridized carbons (Fsp3) is 0.225. The van der Waals surface area contributed by atoms with Crippen molar-refractivity contribution >= 4 is 46.2 Å². The van der Waals surface area contributed by atoms with Gasteiger partial charge in [-0.15, -0.1) is 0 Å². The number of rotatable bonds is 6. The Balaban J connectivity index is 1.56. The fourth-order valence-corrected chi connectivity index (χ4v) is 7.65.